The Morgan fingerprint density at radius 3 is 2.35 bits per heavy atom. The molecule has 0 atom stereocenters. The third-order valence-corrected chi connectivity index (χ3v) is 2.87. The van der Waals surface area contributed by atoms with E-state index in [-0.39, 0.29) is 17.7 Å². The molecule has 2 aromatic rings. The summed E-state index contributed by atoms with van der Waals surface area (Å²) in [5, 5.41) is 4.66. The molecule has 0 aliphatic rings. The van der Waals surface area contributed by atoms with Crippen LogP contribution in [0.4, 0.5) is 14.5 Å². The summed E-state index contributed by atoms with van der Waals surface area (Å²) < 4.78 is 27.1. The molecule has 2 rings (SSSR count). The number of aromatic nitrogens is 1. The zero-order valence-corrected chi connectivity index (χ0v) is 12.0. The Bertz CT molecular complexity index is 742. The maximum atomic E-state index is 13.5. The van der Waals surface area contributed by atoms with Crippen molar-refractivity contribution < 1.29 is 18.4 Å². The van der Waals surface area contributed by atoms with Crippen LogP contribution >= 0.6 is 0 Å². The summed E-state index contributed by atoms with van der Waals surface area (Å²) in [6.07, 6.45) is 3.97. The quantitative estimate of drug-likeness (QED) is 0.833. The Kier molecular flexibility index (Phi) is 5.14. The van der Waals surface area contributed by atoms with Gasteiger partial charge in [-0.2, -0.15) is 0 Å². The molecule has 1 aromatic carbocycles. The second-order valence-electron chi connectivity index (χ2n) is 4.51. The number of amides is 2. The van der Waals surface area contributed by atoms with Crippen molar-refractivity contribution in [3.8, 4) is 0 Å². The minimum absolute atomic E-state index is 0.00101. The van der Waals surface area contributed by atoms with Crippen LogP contribution in [0, 0.1) is 11.6 Å². The highest BCUT2D eigenvalue weighted by Crippen LogP contribution is 2.19. The minimum atomic E-state index is -0.897. The third kappa shape index (κ3) is 3.97. The van der Waals surface area contributed by atoms with Crippen LogP contribution in [0.2, 0.25) is 0 Å². The topological polar surface area (TPSA) is 71.1 Å². The maximum absolute atomic E-state index is 13.5. The Hall–Kier alpha value is -3.09. The average molecular weight is 317 g/mol. The van der Waals surface area contributed by atoms with E-state index < -0.39 is 29.1 Å². The fraction of sp³-hybridized carbons (Fsp3) is 0.0625. The van der Waals surface area contributed by atoms with Crippen LogP contribution in [-0.4, -0.2) is 23.3 Å². The second-order valence-corrected chi connectivity index (χ2v) is 4.51. The Balaban J connectivity index is 2.20. The van der Waals surface area contributed by atoms with Gasteiger partial charge in [0, 0.05) is 18.9 Å². The van der Waals surface area contributed by atoms with Crippen LogP contribution < -0.4 is 10.6 Å². The number of benzene rings is 1. The molecule has 0 saturated carbocycles. The molecule has 23 heavy (non-hydrogen) atoms. The second kappa shape index (κ2) is 7.26. The largest absolute Gasteiger partial charge is 0.349 e. The standard InChI is InChI=1S/C16H13F2N3O2/c1-2-6-20-15(22)10-7-11(9-19-8-10)16(23)21-14-12(17)4-3-5-13(14)18/h2-5,7-9H,1,6H2,(H,20,22)(H,21,23). The van der Waals surface area contributed by atoms with Crippen LogP contribution in [0.3, 0.4) is 0 Å². The molecule has 0 bridgehead atoms. The zero-order valence-electron chi connectivity index (χ0n) is 12.0. The summed E-state index contributed by atoms with van der Waals surface area (Å²) in [5.74, 6) is -3.01. The lowest BCUT2D eigenvalue weighted by Crippen LogP contribution is -2.24. The molecule has 0 radical (unpaired) electrons. The first-order chi connectivity index (χ1) is 11.0. The molecular weight excluding hydrogens is 304 g/mol. The lowest BCUT2D eigenvalue weighted by molar-refractivity contribution is 0.0957. The van der Waals surface area contributed by atoms with E-state index >= 15 is 0 Å². The van der Waals surface area contributed by atoms with Crippen molar-refractivity contribution in [2.45, 2.75) is 0 Å². The van der Waals surface area contributed by atoms with Crippen LogP contribution in [0.5, 0.6) is 0 Å². The highest BCUT2D eigenvalue weighted by Gasteiger charge is 2.15. The highest BCUT2D eigenvalue weighted by molar-refractivity contribution is 6.05. The number of carbonyl (C=O) groups excluding carboxylic acids is 2. The average Bonchev–Trinajstić information content (AvgIpc) is 2.56. The monoisotopic (exact) mass is 317 g/mol. The number of nitrogens with zero attached hydrogens (tertiary/aromatic N) is 1. The van der Waals surface area contributed by atoms with E-state index in [0.717, 1.165) is 12.1 Å². The number of rotatable bonds is 5. The molecule has 118 valence electrons. The summed E-state index contributed by atoms with van der Waals surface area (Å²) in [6, 6.07) is 4.51. The van der Waals surface area contributed by atoms with Gasteiger partial charge < -0.3 is 10.6 Å². The number of hydrogen-bond acceptors (Lipinski definition) is 3. The van der Waals surface area contributed by atoms with E-state index in [2.05, 4.69) is 22.2 Å². The summed E-state index contributed by atoms with van der Waals surface area (Å²) in [7, 11) is 0. The SMILES string of the molecule is C=CCNC(=O)c1cncc(C(=O)Nc2c(F)cccc2F)c1. The Morgan fingerprint density at radius 2 is 1.74 bits per heavy atom. The van der Waals surface area contributed by atoms with Crippen molar-refractivity contribution in [2.24, 2.45) is 0 Å². The summed E-state index contributed by atoms with van der Waals surface area (Å²) in [4.78, 5) is 27.7. The number of anilines is 1. The van der Waals surface area contributed by atoms with Crippen molar-refractivity contribution in [1.82, 2.24) is 10.3 Å². The number of carbonyl (C=O) groups is 2. The van der Waals surface area contributed by atoms with Gasteiger partial charge in [0.25, 0.3) is 11.8 Å². The number of para-hydroxylation sites is 1. The predicted molar refractivity (Wildman–Crippen MR) is 81.1 cm³/mol. The van der Waals surface area contributed by atoms with Gasteiger partial charge >= 0.3 is 0 Å². The first-order valence-corrected chi connectivity index (χ1v) is 6.62. The first kappa shape index (κ1) is 16.3. The number of halogens is 2. The van der Waals surface area contributed by atoms with Crippen molar-refractivity contribution in [3.63, 3.8) is 0 Å². The molecule has 0 saturated heterocycles. The summed E-state index contributed by atoms with van der Waals surface area (Å²) in [6.45, 7) is 3.73. The Morgan fingerprint density at radius 1 is 1.13 bits per heavy atom. The normalized spacial score (nSPS) is 10.0. The van der Waals surface area contributed by atoms with Gasteiger partial charge in [0.15, 0.2) is 0 Å². The summed E-state index contributed by atoms with van der Waals surface area (Å²) >= 11 is 0. The van der Waals surface area contributed by atoms with E-state index in [9.17, 15) is 18.4 Å². The van der Waals surface area contributed by atoms with Gasteiger partial charge in [0.2, 0.25) is 0 Å². The van der Waals surface area contributed by atoms with Gasteiger partial charge in [-0.25, -0.2) is 8.78 Å². The third-order valence-electron chi connectivity index (χ3n) is 2.87. The lowest BCUT2D eigenvalue weighted by Gasteiger charge is -2.08. The van der Waals surface area contributed by atoms with E-state index in [1.807, 2.05) is 0 Å². The molecule has 2 N–H and O–H groups in total. The molecular formula is C16H13F2N3O2. The molecule has 1 heterocycles. The van der Waals surface area contributed by atoms with Crippen LogP contribution in [-0.2, 0) is 0 Å². The molecule has 2 amide bonds. The fourth-order valence-electron chi connectivity index (χ4n) is 1.76. The van der Waals surface area contributed by atoms with Crippen LogP contribution in [0.25, 0.3) is 0 Å². The van der Waals surface area contributed by atoms with Crippen molar-refractivity contribution >= 4 is 17.5 Å². The van der Waals surface area contributed by atoms with Crippen molar-refractivity contribution in [2.75, 3.05) is 11.9 Å². The summed E-state index contributed by atoms with van der Waals surface area (Å²) in [5.41, 5.74) is -0.411. The van der Waals surface area contributed by atoms with Crippen LogP contribution in [0.1, 0.15) is 20.7 Å². The van der Waals surface area contributed by atoms with Crippen LogP contribution in [0.15, 0.2) is 49.3 Å². The Labute approximate surface area is 131 Å². The molecule has 0 spiro atoms. The van der Waals surface area contributed by atoms with E-state index in [1.165, 1.54) is 30.6 Å². The zero-order chi connectivity index (χ0) is 16.8. The number of nitrogens with one attached hydrogen (secondary N) is 2. The van der Waals surface area contributed by atoms with E-state index in [0.29, 0.717) is 0 Å². The number of hydrogen-bond donors (Lipinski definition) is 2. The maximum Gasteiger partial charge on any atom is 0.257 e. The predicted octanol–water partition coefficient (Wildman–Crippen LogP) is 2.53. The molecule has 0 fully saturated rings. The highest BCUT2D eigenvalue weighted by atomic mass is 19.1. The van der Waals surface area contributed by atoms with Gasteiger partial charge in [0.05, 0.1) is 11.1 Å². The lowest BCUT2D eigenvalue weighted by atomic mass is 10.1. The molecule has 0 aliphatic carbocycles. The van der Waals surface area contributed by atoms with E-state index in [1.54, 1.807) is 0 Å². The smallest absolute Gasteiger partial charge is 0.257 e. The van der Waals surface area contributed by atoms with Crippen molar-refractivity contribution in [1.29, 1.82) is 0 Å². The van der Waals surface area contributed by atoms with Crippen molar-refractivity contribution in [3.05, 3.63) is 72.1 Å². The van der Waals surface area contributed by atoms with Gasteiger partial charge in [-0.3, -0.25) is 14.6 Å². The molecule has 0 aliphatic heterocycles. The fourth-order valence-corrected chi connectivity index (χ4v) is 1.76. The molecule has 1 aromatic heterocycles. The van der Waals surface area contributed by atoms with Gasteiger partial charge in [-0.05, 0) is 18.2 Å². The minimum Gasteiger partial charge on any atom is -0.349 e. The van der Waals surface area contributed by atoms with Gasteiger partial charge in [0.1, 0.15) is 17.3 Å². The molecule has 0 unspecified atom stereocenters. The van der Waals surface area contributed by atoms with E-state index in [4.69, 9.17) is 0 Å². The molecule has 7 heteroatoms. The van der Waals surface area contributed by atoms with Gasteiger partial charge in [-0.15, -0.1) is 6.58 Å². The number of pyridine rings is 1. The molecule has 5 nitrogen and oxygen atoms in total. The van der Waals surface area contributed by atoms with Gasteiger partial charge in [-0.1, -0.05) is 12.1 Å². The first-order valence-electron chi connectivity index (χ1n) is 6.62.